The van der Waals surface area contributed by atoms with Crippen LogP contribution >= 0.6 is 11.6 Å². The molecule has 0 amide bonds. The number of nitrogens with zero attached hydrogens (tertiary/aromatic N) is 3. The van der Waals surface area contributed by atoms with Crippen molar-refractivity contribution in [2.24, 2.45) is 0 Å². The molecule has 160 valence electrons. The lowest BCUT2D eigenvalue weighted by Gasteiger charge is -2.08. The SMILES string of the molecule is Clc1nc(Oc2ccc(-c3ccccc3)cc2)nc(Oc2ccc(-c3ccccc3)cc2)n1. The lowest BCUT2D eigenvalue weighted by atomic mass is 10.1. The van der Waals surface area contributed by atoms with Gasteiger partial charge in [-0.15, -0.1) is 4.98 Å². The maximum absolute atomic E-state index is 6.07. The molecule has 0 N–H and O–H groups in total. The summed E-state index contributed by atoms with van der Waals surface area (Å²) >= 11 is 6.07. The highest BCUT2D eigenvalue weighted by Crippen LogP contribution is 2.28. The van der Waals surface area contributed by atoms with Crippen LogP contribution in [0, 0.1) is 0 Å². The van der Waals surface area contributed by atoms with Gasteiger partial charge in [0.15, 0.2) is 0 Å². The Bertz CT molecular complexity index is 1240. The van der Waals surface area contributed by atoms with Crippen molar-refractivity contribution in [2.45, 2.75) is 0 Å². The molecular weight excluding hydrogens is 434 g/mol. The van der Waals surface area contributed by atoms with Crippen molar-refractivity contribution in [3.63, 3.8) is 0 Å². The molecule has 0 fully saturated rings. The number of hydrogen-bond acceptors (Lipinski definition) is 5. The molecule has 4 aromatic carbocycles. The summed E-state index contributed by atoms with van der Waals surface area (Å²) in [5, 5.41) is -0.0168. The van der Waals surface area contributed by atoms with Gasteiger partial charge in [0.25, 0.3) is 0 Å². The summed E-state index contributed by atoms with van der Waals surface area (Å²) in [6.07, 6.45) is 0. The largest absolute Gasteiger partial charge is 0.424 e. The Labute approximate surface area is 196 Å². The molecule has 0 aliphatic heterocycles. The summed E-state index contributed by atoms with van der Waals surface area (Å²) in [4.78, 5) is 12.3. The number of hydrogen-bond donors (Lipinski definition) is 0. The van der Waals surface area contributed by atoms with Crippen molar-refractivity contribution in [1.29, 1.82) is 0 Å². The van der Waals surface area contributed by atoms with Gasteiger partial charge in [-0.05, 0) is 58.1 Å². The average Bonchev–Trinajstić information content (AvgIpc) is 2.86. The number of rotatable bonds is 6. The average molecular weight is 452 g/mol. The monoisotopic (exact) mass is 451 g/mol. The first-order valence-electron chi connectivity index (χ1n) is 10.3. The van der Waals surface area contributed by atoms with E-state index in [2.05, 4.69) is 39.2 Å². The van der Waals surface area contributed by atoms with Crippen LogP contribution in [0.2, 0.25) is 5.28 Å². The topological polar surface area (TPSA) is 57.1 Å². The zero-order valence-corrected chi connectivity index (χ0v) is 18.2. The van der Waals surface area contributed by atoms with Gasteiger partial charge in [-0.2, -0.15) is 9.97 Å². The van der Waals surface area contributed by atoms with Gasteiger partial charge < -0.3 is 9.47 Å². The Kier molecular flexibility index (Phi) is 5.95. The molecule has 5 rings (SSSR count). The van der Waals surface area contributed by atoms with E-state index in [-0.39, 0.29) is 17.3 Å². The standard InChI is InChI=1S/C27H18ClN3O2/c28-25-29-26(32-23-15-11-21(12-16-23)19-7-3-1-4-8-19)31-27(30-25)33-24-17-13-22(14-18-24)20-9-5-2-6-10-20/h1-18H. The summed E-state index contributed by atoms with van der Waals surface area (Å²) in [5.74, 6) is 1.16. The number of ether oxygens (including phenoxy) is 2. The van der Waals surface area contributed by atoms with E-state index < -0.39 is 0 Å². The molecule has 5 nitrogen and oxygen atoms in total. The molecule has 6 heteroatoms. The maximum Gasteiger partial charge on any atom is 0.329 e. The fourth-order valence-corrected chi connectivity index (χ4v) is 3.45. The second-order valence-corrected chi connectivity index (χ2v) is 7.49. The summed E-state index contributed by atoms with van der Waals surface area (Å²) in [6, 6.07) is 35.6. The second-order valence-electron chi connectivity index (χ2n) is 7.15. The van der Waals surface area contributed by atoms with E-state index in [1.54, 1.807) is 0 Å². The fourth-order valence-electron chi connectivity index (χ4n) is 3.31. The third kappa shape index (κ3) is 5.17. The van der Waals surface area contributed by atoms with Gasteiger partial charge in [0.2, 0.25) is 5.28 Å². The lowest BCUT2D eigenvalue weighted by Crippen LogP contribution is -1.98. The highest BCUT2D eigenvalue weighted by atomic mass is 35.5. The van der Waals surface area contributed by atoms with Crippen molar-refractivity contribution in [3.8, 4) is 45.8 Å². The fraction of sp³-hybridized carbons (Fsp3) is 0. The summed E-state index contributed by atoms with van der Waals surface area (Å²) < 4.78 is 11.6. The van der Waals surface area contributed by atoms with Gasteiger partial charge in [0.05, 0.1) is 0 Å². The highest BCUT2D eigenvalue weighted by Gasteiger charge is 2.10. The van der Waals surface area contributed by atoms with Crippen LogP contribution in [0.3, 0.4) is 0 Å². The summed E-state index contributed by atoms with van der Waals surface area (Å²) in [6.45, 7) is 0. The van der Waals surface area contributed by atoms with Gasteiger partial charge in [0.1, 0.15) is 11.5 Å². The van der Waals surface area contributed by atoms with Crippen LogP contribution in [0.25, 0.3) is 22.3 Å². The Morgan fingerprint density at radius 2 is 0.788 bits per heavy atom. The summed E-state index contributed by atoms with van der Waals surface area (Å²) in [5.41, 5.74) is 4.42. The molecule has 0 aliphatic rings. The number of aromatic nitrogens is 3. The van der Waals surface area contributed by atoms with Crippen LogP contribution in [-0.2, 0) is 0 Å². The Morgan fingerprint density at radius 1 is 0.424 bits per heavy atom. The maximum atomic E-state index is 6.07. The lowest BCUT2D eigenvalue weighted by molar-refractivity contribution is 0.397. The first-order valence-corrected chi connectivity index (χ1v) is 10.7. The Balaban J connectivity index is 1.30. The van der Waals surface area contributed by atoms with Gasteiger partial charge >= 0.3 is 12.0 Å². The van der Waals surface area contributed by atoms with E-state index >= 15 is 0 Å². The van der Waals surface area contributed by atoms with E-state index in [0.717, 1.165) is 22.3 Å². The van der Waals surface area contributed by atoms with Crippen molar-refractivity contribution in [1.82, 2.24) is 15.0 Å². The minimum absolute atomic E-state index is 0.0168. The minimum atomic E-state index is -0.0168. The van der Waals surface area contributed by atoms with Crippen LogP contribution in [0.5, 0.6) is 23.5 Å². The van der Waals surface area contributed by atoms with Crippen molar-refractivity contribution in [3.05, 3.63) is 114 Å². The van der Waals surface area contributed by atoms with Gasteiger partial charge in [-0.1, -0.05) is 84.9 Å². The van der Waals surface area contributed by atoms with E-state index in [1.165, 1.54) is 0 Å². The van der Waals surface area contributed by atoms with E-state index in [1.807, 2.05) is 84.9 Å². The summed E-state index contributed by atoms with van der Waals surface area (Å²) in [7, 11) is 0. The molecule has 0 bridgehead atoms. The molecule has 0 radical (unpaired) electrons. The normalized spacial score (nSPS) is 10.6. The number of halogens is 1. The zero-order chi connectivity index (χ0) is 22.5. The first kappa shape index (κ1) is 20.7. The van der Waals surface area contributed by atoms with Gasteiger partial charge in [0, 0.05) is 0 Å². The smallest absolute Gasteiger partial charge is 0.329 e. The Hall–Kier alpha value is -4.22. The van der Waals surface area contributed by atoms with Crippen LogP contribution in [-0.4, -0.2) is 15.0 Å². The van der Waals surface area contributed by atoms with Crippen molar-refractivity contribution in [2.75, 3.05) is 0 Å². The molecule has 5 aromatic rings. The zero-order valence-electron chi connectivity index (χ0n) is 17.4. The minimum Gasteiger partial charge on any atom is -0.424 e. The van der Waals surface area contributed by atoms with Crippen LogP contribution in [0.4, 0.5) is 0 Å². The molecule has 0 atom stereocenters. The van der Waals surface area contributed by atoms with Gasteiger partial charge in [-0.3, -0.25) is 0 Å². The van der Waals surface area contributed by atoms with E-state index in [0.29, 0.717) is 11.5 Å². The third-order valence-electron chi connectivity index (χ3n) is 4.91. The first-order chi connectivity index (χ1) is 16.2. The molecule has 1 heterocycles. The molecule has 0 aliphatic carbocycles. The molecule has 0 spiro atoms. The molecule has 0 unspecified atom stereocenters. The molecule has 33 heavy (non-hydrogen) atoms. The van der Waals surface area contributed by atoms with Crippen LogP contribution < -0.4 is 9.47 Å². The van der Waals surface area contributed by atoms with E-state index in [4.69, 9.17) is 21.1 Å². The Morgan fingerprint density at radius 3 is 1.18 bits per heavy atom. The van der Waals surface area contributed by atoms with Crippen LogP contribution in [0.15, 0.2) is 109 Å². The molecular formula is C27H18ClN3O2. The number of benzene rings is 4. The molecule has 0 saturated heterocycles. The molecule has 1 aromatic heterocycles. The van der Waals surface area contributed by atoms with Gasteiger partial charge in [-0.25, -0.2) is 0 Å². The predicted octanol–water partition coefficient (Wildman–Crippen LogP) is 7.44. The van der Waals surface area contributed by atoms with E-state index in [9.17, 15) is 0 Å². The van der Waals surface area contributed by atoms with Crippen molar-refractivity contribution >= 4 is 11.6 Å². The van der Waals surface area contributed by atoms with Crippen LogP contribution in [0.1, 0.15) is 0 Å². The van der Waals surface area contributed by atoms with Crippen molar-refractivity contribution < 1.29 is 9.47 Å². The molecule has 0 saturated carbocycles. The quantitative estimate of drug-likeness (QED) is 0.268. The second kappa shape index (κ2) is 9.51. The highest BCUT2D eigenvalue weighted by molar-refractivity contribution is 6.28. The predicted molar refractivity (Wildman–Crippen MR) is 129 cm³/mol. The third-order valence-corrected chi connectivity index (χ3v) is 5.08.